The largest absolute Gasteiger partial charge is 0.450 e. The van der Waals surface area contributed by atoms with E-state index in [1.165, 1.54) is 6.07 Å². The number of rotatable bonds is 5. The second-order valence-electron chi connectivity index (χ2n) is 4.38. The van der Waals surface area contributed by atoms with Crippen LogP contribution in [0.25, 0.3) is 0 Å². The van der Waals surface area contributed by atoms with Gasteiger partial charge in [-0.1, -0.05) is 30.3 Å². The van der Waals surface area contributed by atoms with Gasteiger partial charge in [0, 0.05) is 17.7 Å². The highest BCUT2D eigenvalue weighted by Crippen LogP contribution is 2.34. The lowest BCUT2D eigenvalue weighted by molar-refractivity contribution is -0.385. The van der Waals surface area contributed by atoms with Crippen molar-refractivity contribution in [2.24, 2.45) is 0 Å². The minimum atomic E-state index is -0.445. The lowest BCUT2D eigenvalue weighted by Crippen LogP contribution is -2.13. The summed E-state index contributed by atoms with van der Waals surface area (Å²) in [6.45, 7) is 2.00. The van der Waals surface area contributed by atoms with E-state index in [9.17, 15) is 10.1 Å². The average Bonchev–Trinajstić information content (AvgIpc) is 2.47. The number of nitro groups is 1. The van der Waals surface area contributed by atoms with E-state index in [-0.39, 0.29) is 17.5 Å². The van der Waals surface area contributed by atoms with Crippen molar-refractivity contribution in [2.75, 3.05) is 7.05 Å². The maximum Gasteiger partial charge on any atom is 0.311 e. The standard InChI is InChI=1S/C15H16N2O3/c1-11(16-2)12-7-3-5-9-14(12)20-15-10-6-4-8-13(15)17(18)19/h3-11,16H,1-2H3. The fourth-order valence-electron chi connectivity index (χ4n) is 1.90. The first-order chi connectivity index (χ1) is 9.63. The van der Waals surface area contributed by atoms with Gasteiger partial charge in [-0.2, -0.15) is 0 Å². The van der Waals surface area contributed by atoms with Crippen molar-refractivity contribution >= 4 is 5.69 Å². The molecule has 0 aliphatic heterocycles. The molecule has 1 atom stereocenters. The van der Waals surface area contributed by atoms with Crippen LogP contribution in [-0.2, 0) is 0 Å². The zero-order valence-electron chi connectivity index (χ0n) is 11.4. The molecule has 20 heavy (non-hydrogen) atoms. The summed E-state index contributed by atoms with van der Waals surface area (Å²) in [7, 11) is 1.85. The predicted molar refractivity (Wildman–Crippen MR) is 77.1 cm³/mol. The molecule has 1 unspecified atom stereocenters. The van der Waals surface area contributed by atoms with E-state index in [0.717, 1.165) is 5.56 Å². The van der Waals surface area contributed by atoms with E-state index in [4.69, 9.17) is 4.74 Å². The third kappa shape index (κ3) is 2.95. The van der Waals surface area contributed by atoms with Crippen molar-refractivity contribution in [2.45, 2.75) is 13.0 Å². The molecule has 0 aliphatic rings. The first-order valence-corrected chi connectivity index (χ1v) is 6.31. The molecular weight excluding hydrogens is 256 g/mol. The topological polar surface area (TPSA) is 64.4 Å². The van der Waals surface area contributed by atoms with Crippen LogP contribution in [0, 0.1) is 10.1 Å². The Hall–Kier alpha value is -2.40. The number of hydrogen-bond donors (Lipinski definition) is 1. The van der Waals surface area contributed by atoms with Crippen LogP contribution < -0.4 is 10.1 Å². The number of nitrogens with one attached hydrogen (secondary N) is 1. The fraction of sp³-hybridized carbons (Fsp3) is 0.200. The maximum atomic E-state index is 11.0. The van der Waals surface area contributed by atoms with Gasteiger partial charge in [0.15, 0.2) is 0 Å². The first-order valence-electron chi connectivity index (χ1n) is 6.31. The van der Waals surface area contributed by atoms with Crippen molar-refractivity contribution in [3.05, 3.63) is 64.2 Å². The van der Waals surface area contributed by atoms with Gasteiger partial charge in [-0.05, 0) is 26.1 Å². The van der Waals surface area contributed by atoms with Gasteiger partial charge in [-0.25, -0.2) is 0 Å². The quantitative estimate of drug-likeness (QED) is 0.666. The Bertz CT molecular complexity index is 614. The van der Waals surface area contributed by atoms with E-state index >= 15 is 0 Å². The predicted octanol–water partition coefficient (Wildman–Crippen LogP) is 3.67. The Kier molecular flexibility index (Phi) is 4.32. The van der Waals surface area contributed by atoms with E-state index in [1.807, 2.05) is 32.2 Å². The van der Waals surface area contributed by atoms with Gasteiger partial charge in [-0.3, -0.25) is 10.1 Å². The number of nitro benzene ring substituents is 1. The molecule has 0 saturated heterocycles. The highest BCUT2D eigenvalue weighted by molar-refractivity contribution is 5.49. The Morgan fingerprint density at radius 2 is 1.70 bits per heavy atom. The SMILES string of the molecule is CNC(C)c1ccccc1Oc1ccccc1[N+](=O)[O-]. The Balaban J connectivity index is 2.38. The number of para-hydroxylation sites is 3. The molecule has 2 rings (SSSR count). The highest BCUT2D eigenvalue weighted by Gasteiger charge is 2.17. The Morgan fingerprint density at radius 1 is 1.10 bits per heavy atom. The van der Waals surface area contributed by atoms with Gasteiger partial charge in [0.05, 0.1) is 4.92 Å². The number of nitrogens with zero attached hydrogens (tertiary/aromatic N) is 1. The van der Waals surface area contributed by atoms with Gasteiger partial charge in [0.25, 0.3) is 0 Å². The molecule has 2 aromatic carbocycles. The van der Waals surface area contributed by atoms with Gasteiger partial charge in [0.2, 0.25) is 5.75 Å². The van der Waals surface area contributed by atoms with Gasteiger partial charge in [0.1, 0.15) is 5.75 Å². The molecule has 0 amide bonds. The third-order valence-corrected chi connectivity index (χ3v) is 3.10. The van der Waals surface area contributed by atoms with Crippen LogP contribution in [0.2, 0.25) is 0 Å². The molecule has 5 nitrogen and oxygen atoms in total. The lowest BCUT2D eigenvalue weighted by atomic mass is 10.1. The summed E-state index contributed by atoms with van der Waals surface area (Å²) in [5, 5.41) is 14.1. The Labute approximate surface area is 117 Å². The molecule has 104 valence electrons. The second kappa shape index (κ2) is 6.16. The maximum absolute atomic E-state index is 11.0. The van der Waals surface area contributed by atoms with Crippen molar-refractivity contribution in [1.82, 2.24) is 5.32 Å². The average molecular weight is 272 g/mol. The summed E-state index contributed by atoms with van der Waals surface area (Å²) in [6, 6.07) is 13.9. The molecule has 0 fully saturated rings. The molecule has 0 heterocycles. The molecule has 0 bridgehead atoms. The van der Waals surface area contributed by atoms with Gasteiger partial charge in [-0.15, -0.1) is 0 Å². The van der Waals surface area contributed by atoms with E-state index < -0.39 is 4.92 Å². The van der Waals surface area contributed by atoms with Crippen LogP contribution in [0.3, 0.4) is 0 Å². The van der Waals surface area contributed by atoms with Gasteiger partial charge < -0.3 is 10.1 Å². The fourth-order valence-corrected chi connectivity index (χ4v) is 1.90. The van der Waals surface area contributed by atoms with Crippen molar-refractivity contribution in [3.8, 4) is 11.5 Å². The zero-order valence-corrected chi connectivity index (χ0v) is 11.4. The number of benzene rings is 2. The molecule has 0 radical (unpaired) electrons. The van der Waals surface area contributed by atoms with Crippen LogP contribution in [0.15, 0.2) is 48.5 Å². The van der Waals surface area contributed by atoms with Crippen LogP contribution in [0.1, 0.15) is 18.5 Å². The van der Waals surface area contributed by atoms with Crippen LogP contribution in [0.5, 0.6) is 11.5 Å². The molecule has 0 saturated carbocycles. The summed E-state index contributed by atoms with van der Waals surface area (Å²) < 4.78 is 5.74. The molecule has 1 N–H and O–H groups in total. The Morgan fingerprint density at radius 3 is 2.35 bits per heavy atom. The van der Waals surface area contributed by atoms with E-state index in [0.29, 0.717) is 5.75 Å². The summed E-state index contributed by atoms with van der Waals surface area (Å²) >= 11 is 0. The minimum absolute atomic E-state index is 0.0422. The molecule has 0 aromatic heterocycles. The molecular formula is C15H16N2O3. The summed E-state index contributed by atoms with van der Waals surface area (Å²) in [5.41, 5.74) is 0.910. The first kappa shape index (κ1) is 14.0. The van der Waals surface area contributed by atoms with Crippen LogP contribution >= 0.6 is 0 Å². The second-order valence-corrected chi connectivity index (χ2v) is 4.38. The number of ether oxygens (including phenoxy) is 1. The molecule has 2 aromatic rings. The number of hydrogen-bond acceptors (Lipinski definition) is 4. The van der Waals surface area contributed by atoms with Crippen molar-refractivity contribution in [3.63, 3.8) is 0 Å². The summed E-state index contributed by atoms with van der Waals surface area (Å²) in [4.78, 5) is 10.6. The van der Waals surface area contributed by atoms with Crippen LogP contribution in [-0.4, -0.2) is 12.0 Å². The van der Waals surface area contributed by atoms with E-state index in [2.05, 4.69) is 5.32 Å². The molecule has 0 aliphatic carbocycles. The summed E-state index contributed by atoms with van der Waals surface area (Å²) in [5.74, 6) is 0.858. The van der Waals surface area contributed by atoms with Crippen molar-refractivity contribution in [1.29, 1.82) is 0 Å². The van der Waals surface area contributed by atoms with E-state index in [1.54, 1.807) is 24.3 Å². The monoisotopic (exact) mass is 272 g/mol. The normalized spacial score (nSPS) is 11.9. The van der Waals surface area contributed by atoms with Gasteiger partial charge >= 0.3 is 5.69 Å². The minimum Gasteiger partial charge on any atom is -0.450 e. The van der Waals surface area contributed by atoms with Crippen molar-refractivity contribution < 1.29 is 9.66 Å². The zero-order chi connectivity index (χ0) is 14.5. The molecule has 5 heteroatoms. The highest BCUT2D eigenvalue weighted by atomic mass is 16.6. The summed E-state index contributed by atoms with van der Waals surface area (Å²) in [6.07, 6.45) is 0. The molecule has 0 spiro atoms. The van der Waals surface area contributed by atoms with Crippen LogP contribution in [0.4, 0.5) is 5.69 Å². The smallest absolute Gasteiger partial charge is 0.311 e. The lowest BCUT2D eigenvalue weighted by Gasteiger charge is -2.16. The third-order valence-electron chi connectivity index (χ3n) is 3.10.